The highest BCUT2D eigenvalue weighted by Crippen LogP contribution is 2.29. The van der Waals surface area contributed by atoms with Gasteiger partial charge in [0.1, 0.15) is 10.6 Å². The molecule has 1 unspecified atom stereocenters. The number of rotatable bonds is 7. The number of benzene rings is 1. The Morgan fingerprint density at radius 3 is 2.48 bits per heavy atom. The molecule has 1 rings (SSSR count). The molecule has 132 valence electrons. The molecule has 0 aliphatic carbocycles. The van der Waals surface area contributed by atoms with Crippen LogP contribution in [-0.2, 0) is 14.8 Å². The highest BCUT2D eigenvalue weighted by Gasteiger charge is 2.23. The first-order chi connectivity index (χ1) is 10.2. The Labute approximate surface area is 143 Å². The van der Waals surface area contributed by atoms with Crippen molar-refractivity contribution in [2.45, 2.75) is 18.7 Å². The summed E-state index contributed by atoms with van der Waals surface area (Å²) in [5.41, 5.74) is 5.83. The first kappa shape index (κ1) is 21.6. The number of hydrogen-bond acceptors (Lipinski definition) is 5. The van der Waals surface area contributed by atoms with Crippen LogP contribution >= 0.6 is 12.4 Å². The quantitative estimate of drug-likeness (QED) is 0.758. The van der Waals surface area contributed by atoms with E-state index < -0.39 is 10.0 Å². The summed E-state index contributed by atoms with van der Waals surface area (Å²) in [6.07, 6.45) is 0. The molecule has 0 fully saturated rings. The Hall–Kier alpha value is -1.35. The van der Waals surface area contributed by atoms with Crippen molar-refractivity contribution in [3.05, 3.63) is 18.2 Å². The van der Waals surface area contributed by atoms with E-state index in [-0.39, 0.29) is 41.4 Å². The van der Waals surface area contributed by atoms with Crippen molar-refractivity contribution in [2.24, 2.45) is 11.7 Å². The lowest BCUT2D eigenvalue weighted by molar-refractivity contribution is -0.119. The zero-order valence-electron chi connectivity index (χ0n) is 13.7. The maximum Gasteiger partial charge on any atom is 0.246 e. The van der Waals surface area contributed by atoms with Crippen LogP contribution < -0.4 is 15.8 Å². The zero-order valence-corrected chi connectivity index (χ0v) is 15.3. The number of ether oxygens (including phenoxy) is 1. The van der Waals surface area contributed by atoms with E-state index in [1.54, 1.807) is 19.9 Å². The minimum Gasteiger partial charge on any atom is -0.492 e. The average Bonchev–Trinajstić information content (AvgIpc) is 2.47. The van der Waals surface area contributed by atoms with Crippen molar-refractivity contribution in [1.29, 1.82) is 0 Å². The fourth-order valence-corrected chi connectivity index (χ4v) is 2.68. The largest absolute Gasteiger partial charge is 0.492 e. The van der Waals surface area contributed by atoms with E-state index in [0.717, 1.165) is 4.31 Å². The SMILES string of the molecule is CCOc1ccc(NC(=O)C(C)CN)cc1S(=O)(=O)N(C)C.Cl. The standard InChI is InChI=1S/C14H23N3O4S.ClH/c1-5-21-12-7-6-11(16-14(18)10(2)9-15)8-13(12)22(19,20)17(3)4;/h6-8,10H,5,9,15H2,1-4H3,(H,16,18);1H. The molecule has 0 aromatic heterocycles. The zero-order chi connectivity index (χ0) is 16.9. The molecule has 7 nitrogen and oxygen atoms in total. The number of anilines is 1. The molecule has 1 aromatic rings. The molecule has 0 saturated carbocycles. The fourth-order valence-electron chi connectivity index (χ4n) is 1.63. The lowest BCUT2D eigenvalue weighted by Crippen LogP contribution is -2.27. The van der Waals surface area contributed by atoms with Gasteiger partial charge >= 0.3 is 0 Å². The molecule has 9 heteroatoms. The summed E-state index contributed by atoms with van der Waals surface area (Å²) in [4.78, 5) is 11.9. The van der Waals surface area contributed by atoms with Gasteiger partial charge in [-0.1, -0.05) is 6.92 Å². The summed E-state index contributed by atoms with van der Waals surface area (Å²) in [5.74, 6) is -0.374. The van der Waals surface area contributed by atoms with Crippen LogP contribution in [0.2, 0.25) is 0 Å². The van der Waals surface area contributed by atoms with Crippen LogP contribution in [0.5, 0.6) is 5.75 Å². The molecule has 0 aliphatic heterocycles. The third-order valence-electron chi connectivity index (χ3n) is 3.07. The Balaban J connectivity index is 0.00000484. The van der Waals surface area contributed by atoms with Gasteiger partial charge in [-0.05, 0) is 25.1 Å². The van der Waals surface area contributed by atoms with Gasteiger partial charge in [0, 0.05) is 32.2 Å². The Bertz CT molecular complexity index is 635. The first-order valence-electron chi connectivity index (χ1n) is 6.94. The third kappa shape index (κ3) is 5.35. The minimum atomic E-state index is -3.68. The van der Waals surface area contributed by atoms with Gasteiger partial charge in [0.05, 0.1) is 6.61 Å². The molecule has 0 bridgehead atoms. The van der Waals surface area contributed by atoms with Crippen LogP contribution in [0, 0.1) is 5.92 Å². The second-order valence-corrected chi connectivity index (χ2v) is 7.13. The molecule has 0 saturated heterocycles. The van der Waals surface area contributed by atoms with Crippen molar-refractivity contribution in [3.8, 4) is 5.75 Å². The molecular formula is C14H24ClN3O4S. The van der Waals surface area contributed by atoms with Gasteiger partial charge in [-0.2, -0.15) is 0 Å². The number of nitrogens with zero attached hydrogens (tertiary/aromatic N) is 1. The van der Waals surface area contributed by atoms with Crippen LogP contribution in [-0.4, -0.2) is 45.9 Å². The summed E-state index contributed by atoms with van der Waals surface area (Å²) in [5, 5.41) is 2.66. The van der Waals surface area contributed by atoms with Crippen LogP contribution in [0.4, 0.5) is 5.69 Å². The summed E-state index contributed by atoms with van der Waals surface area (Å²) < 4.78 is 31.2. The highest BCUT2D eigenvalue weighted by molar-refractivity contribution is 7.89. The fraction of sp³-hybridized carbons (Fsp3) is 0.500. The topological polar surface area (TPSA) is 102 Å². The maximum atomic E-state index is 12.4. The molecule has 1 amide bonds. The first-order valence-corrected chi connectivity index (χ1v) is 8.38. The van der Waals surface area contributed by atoms with E-state index >= 15 is 0 Å². The van der Waals surface area contributed by atoms with Crippen LogP contribution in [0.25, 0.3) is 0 Å². The number of nitrogens with two attached hydrogens (primary N) is 1. The molecule has 1 aromatic carbocycles. The van der Waals surface area contributed by atoms with Gasteiger partial charge in [-0.3, -0.25) is 4.79 Å². The predicted molar refractivity (Wildman–Crippen MR) is 92.6 cm³/mol. The summed E-state index contributed by atoms with van der Waals surface area (Å²) in [6.45, 7) is 4.02. The van der Waals surface area contributed by atoms with Crippen molar-refractivity contribution in [2.75, 3.05) is 32.6 Å². The number of halogens is 1. The van der Waals surface area contributed by atoms with Crippen molar-refractivity contribution in [3.63, 3.8) is 0 Å². The van der Waals surface area contributed by atoms with Gasteiger partial charge < -0.3 is 15.8 Å². The summed E-state index contributed by atoms with van der Waals surface area (Å²) in [6, 6.07) is 4.52. The Morgan fingerprint density at radius 1 is 1.39 bits per heavy atom. The van der Waals surface area contributed by atoms with E-state index in [9.17, 15) is 13.2 Å². The second kappa shape index (κ2) is 9.07. The van der Waals surface area contributed by atoms with E-state index in [4.69, 9.17) is 10.5 Å². The monoisotopic (exact) mass is 365 g/mol. The van der Waals surface area contributed by atoms with Crippen LogP contribution in [0.3, 0.4) is 0 Å². The third-order valence-corrected chi connectivity index (χ3v) is 4.91. The number of hydrogen-bond donors (Lipinski definition) is 2. The van der Waals surface area contributed by atoms with Crippen molar-refractivity contribution in [1.82, 2.24) is 4.31 Å². The van der Waals surface area contributed by atoms with Gasteiger partial charge in [0.15, 0.2) is 0 Å². The molecule has 23 heavy (non-hydrogen) atoms. The summed E-state index contributed by atoms with van der Waals surface area (Å²) in [7, 11) is -0.807. The Kier molecular flexibility index (Phi) is 8.54. The smallest absolute Gasteiger partial charge is 0.246 e. The van der Waals surface area contributed by atoms with E-state index in [2.05, 4.69) is 5.32 Å². The minimum absolute atomic E-state index is 0. The number of nitrogens with one attached hydrogen (secondary N) is 1. The average molecular weight is 366 g/mol. The predicted octanol–water partition coefficient (Wildman–Crippen LogP) is 1.29. The Morgan fingerprint density at radius 2 is 2.00 bits per heavy atom. The second-order valence-electron chi connectivity index (χ2n) is 5.01. The molecular weight excluding hydrogens is 342 g/mol. The number of sulfonamides is 1. The number of carbonyl (C=O) groups is 1. The van der Waals surface area contributed by atoms with Gasteiger partial charge in [0.2, 0.25) is 15.9 Å². The highest BCUT2D eigenvalue weighted by atomic mass is 35.5. The van der Waals surface area contributed by atoms with Crippen LogP contribution in [0.1, 0.15) is 13.8 Å². The van der Waals surface area contributed by atoms with Gasteiger partial charge in [-0.15, -0.1) is 12.4 Å². The molecule has 0 radical (unpaired) electrons. The number of carbonyl (C=O) groups excluding carboxylic acids is 1. The summed E-state index contributed by atoms with van der Waals surface area (Å²) >= 11 is 0. The van der Waals surface area contributed by atoms with Crippen LogP contribution in [0.15, 0.2) is 23.1 Å². The molecule has 0 spiro atoms. The van der Waals surface area contributed by atoms with E-state index in [1.165, 1.54) is 26.2 Å². The van der Waals surface area contributed by atoms with E-state index in [1.807, 2.05) is 0 Å². The van der Waals surface area contributed by atoms with Crippen molar-refractivity contribution < 1.29 is 17.9 Å². The molecule has 0 aliphatic rings. The lowest BCUT2D eigenvalue weighted by atomic mass is 10.1. The maximum absolute atomic E-state index is 12.4. The number of amides is 1. The van der Waals surface area contributed by atoms with Gasteiger partial charge in [0.25, 0.3) is 0 Å². The molecule has 1 atom stereocenters. The molecule has 3 N–H and O–H groups in total. The van der Waals surface area contributed by atoms with E-state index in [0.29, 0.717) is 12.3 Å². The molecule has 0 heterocycles. The normalized spacial score (nSPS) is 12.4. The lowest BCUT2D eigenvalue weighted by Gasteiger charge is -2.17. The van der Waals surface area contributed by atoms with Gasteiger partial charge in [-0.25, -0.2) is 12.7 Å². The van der Waals surface area contributed by atoms with Crippen molar-refractivity contribution >= 4 is 34.0 Å².